The van der Waals surface area contributed by atoms with Crippen LogP contribution in [0.1, 0.15) is 34.1 Å². The van der Waals surface area contributed by atoms with E-state index in [4.69, 9.17) is 0 Å². The predicted octanol–water partition coefficient (Wildman–Crippen LogP) is 4.15. The summed E-state index contributed by atoms with van der Waals surface area (Å²) in [6.45, 7) is 9.68. The normalized spacial score (nSPS) is 35.0. The maximum atomic E-state index is 2.44. The zero-order valence-electron chi connectivity index (χ0n) is 9.27. The minimum atomic E-state index is 0.0475. The smallest absolute Gasteiger partial charge is 0.000726 e. The van der Waals surface area contributed by atoms with Gasteiger partial charge in [0.15, 0.2) is 0 Å². The Morgan fingerprint density at radius 2 is 1.42 bits per heavy atom. The molecule has 0 aromatic rings. The Hall–Kier alpha value is 0.0649. The van der Waals surface area contributed by atoms with Crippen molar-refractivity contribution in [3.63, 3.8) is 0 Å². The summed E-state index contributed by atoms with van der Waals surface area (Å²) in [5.41, 5.74) is 0. The summed E-state index contributed by atoms with van der Waals surface area (Å²) in [5.74, 6) is 1.99. The Morgan fingerprint density at radius 3 is 1.75 bits per heavy atom. The van der Waals surface area contributed by atoms with Gasteiger partial charge in [0, 0.05) is 6.15 Å². The molecule has 1 saturated heterocycles. The lowest BCUT2D eigenvalue weighted by Gasteiger charge is -2.47. The summed E-state index contributed by atoms with van der Waals surface area (Å²) < 4.78 is 0. The van der Waals surface area contributed by atoms with E-state index in [1.807, 2.05) is 0 Å². The van der Waals surface area contributed by atoms with Gasteiger partial charge in [-0.1, -0.05) is 46.0 Å². The van der Waals surface area contributed by atoms with Gasteiger partial charge in [0.25, 0.3) is 0 Å². The second kappa shape index (κ2) is 3.85. The van der Waals surface area contributed by atoms with Gasteiger partial charge in [-0.25, -0.2) is 0 Å². The van der Waals surface area contributed by atoms with Crippen molar-refractivity contribution in [3.8, 4) is 0 Å². The van der Waals surface area contributed by atoms with Gasteiger partial charge in [0.1, 0.15) is 0 Å². The highest BCUT2D eigenvalue weighted by Gasteiger charge is 2.29. The first-order valence-corrected chi connectivity index (χ1v) is 5.83. The Labute approximate surface area is 78.0 Å². The molecule has 1 heterocycles. The summed E-state index contributed by atoms with van der Waals surface area (Å²) in [7, 11) is 0. The van der Waals surface area contributed by atoms with Crippen LogP contribution < -0.4 is 0 Å². The zero-order valence-corrected chi connectivity index (χ0v) is 9.27. The van der Waals surface area contributed by atoms with Crippen molar-refractivity contribution >= 4 is 6.15 Å². The summed E-state index contributed by atoms with van der Waals surface area (Å²) in [6.07, 6.45) is 7.50. The quantitative estimate of drug-likeness (QED) is 0.542. The Balaban J connectivity index is 2.62. The second-order valence-corrected chi connectivity index (χ2v) is 5.47. The first-order valence-electron chi connectivity index (χ1n) is 5.83. The van der Waals surface area contributed by atoms with E-state index >= 15 is 0 Å². The fraction of sp³-hybridized carbons (Fsp3) is 1.00. The third-order valence-corrected chi connectivity index (χ3v) is 4.34. The van der Waals surface area contributed by atoms with E-state index in [1.54, 1.807) is 0 Å². The molecule has 0 aromatic heterocycles. The lowest BCUT2D eigenvalue weighted by atomic mass is 9.15. The third kappa shape index (κ3) is 2.05. The van der Waals surface area contributed by atoms with Gasteiger partial charge in [-0.15, -0.1) is 0 Å². The molecule has 0 spiro atoms. The van der Waals surface area contributed by atoms with E-state index in [2.05, 4.69) is 27.7 Å². The fourth-order valence-electron chi connectivity index (χ4n) is 3.64. The summed E-state index contributed by atoms with van der Waals surface area (Å²) in [5, 5.41) is 0. The first-order chi connectivity index (χ1) is 5.62. The number of hydrogen-bond acceptors (Lipinski definition) is 0. The van der Waals surface area contributed by atoms with E-state index in [9.17, 15) is 0 Å². The second-order valence-electron chi connectivity index (χ2n) is 5.47. The topological polar surface area (TPSA) is 0 Å². The molecule has 2 atom stereocenters. The number of rotatable bonds is 2. The molecule has 1 aliphatic heterocycles. The van der Waals surface area contributed by atoms with Crippen LogP contribution in [0.4, 0.5) is 0 Å². The fourth-order valence-corrected chi connectivity index (χ4v) is 3.64. The van der Waals surface area contributed by atoms with Gasteiger partial charge < -0.3 is 0 Å². The molecule has 0 bridgehead atoms. The van der Waals surface area contributed by atoms with Crippen LogP contribution in [-0.2, 0) is 0 Å². The van der Waals surface area contributed by atoms with Gasteiger partial charge in [0.05, 0.1) is 0 Å². The molecular weight excluding hydrogens is 143 g/mol. The minimum absolute atomic E-state index is 0.0475. The molecule has 0 aromatic carbocycles. The van der Waals surface area contributed by atoms with Crippen molar-refractivity contribution in [1.29, 1.82) is 0 Å². The molecule has 0 N–H and O–H groups in total. The van der Waals surface area contributed by atoms with Crippen LogP contribution in [0.2, 0.25) is 25.3 Å². The Bertz CT molecular complexity index is 126. The molecular formula is C11H24B-. The number of hydrogen-bond donors (Lipinski definition) is 0. The maximum absolute atomic E-state index is 2.44. The SMILES string of the molecule is CC[B-]1(CC)CC(C)CC(C)C1. The largest absolute Gasteiger partial charge is 0.181 e. The monoisotopic (exact) mass is 167 g/mol. The third-order valence-electron chi connectivity index (χ3n) is 4.34. The summed E-state index contributed by atoms with van der Waals surface area (Å²) >= 11 is 0. The van der Waals surface area contributed by atoms with Crippen molar-refractivity contribution in [1.82, 2.24) is 0 Å². The van der Waals surface area contributed by atoms with Crippen molar-refractivity contribution in [2.75, 3.05) is 0 Å². The molecule has 0 nitrogen and oxygen atoms in total. The van der Waals surface area contributed by atoms with E-state index in [-0.39, 0.29) is 6.15 Å². The molecule has 0 radical (unpaired) electrons. The zero-order chi connectivity index (χ0) is 9.19. The van der Waals surface area contributed by atoms with Crippen molar-refractivity contribution in [2.45, 2.75) is 59.4 Å². The lowest BCUT2D eigenvalue weighted by Crippen LogP contribution is -2.40. The molecule has 0 aliphatic carbocycles. The molecule has 1 heteroatoms. The van der Waals surface area contributed by atoms with Crippen LogP contribution in [0.25, 0.3) is 0 Å². The molecule has 1 aliphatic rings. The summed E-state index contributed by atoms with van der Waals surface area (Å²) in [6, 6.07) is 0. The molecule has 2 unspecified atom stereocenters. The van der Waals surface area contributed by atoms with Crippen LogP contribution in [0, 0.1) is 11.8 Å². The van der Waals surface area contributed by atoms with Gasteiger partial charge in [-0.3, -0.25) is 0 Å². The first kappa shape index (κ1) is 10.1. The predicted molar refractivity (Wildman–Crippen MR) is 59.3 cm³/mol. The van der Waals surface area contributed by atoms with Crippen LogP contribution >= 0.6 is 0 Å². The van der Waals surface area contributed by atoms with Gasteiger partial charge in [0.2, 0.25) is 0 Å². The Kier molecular flexibility index (Phi) is 3.26. The highest BCUT2D eigenvalue weighted by molar-refractivity contribution is 6.80. The lowest BCUT2D eigenvalue weighted by molar-refractivity contribution is 0.430. The van der Waals surface area contributed by atoms with E-state index in [1.165, 1.54) is 31.7 Å². The highest BCUT2D eigenvalue weighted by Crippen LogP contribution is 2.40. The van der Waals surface area contributed by atoms with Crippen LogP contribution in [-0.4, -0.2) is 6.15 Å². The van der Waals surface area contributed by atoms with Crippen LogP contribution in [0.5, 0.6) is 0 Å². The molecule has 72 valence electrons. The Morgan fingerprint density at radius 1 is 1.00 bits per heavy atom. The van der Waals surface area contributed by atoms with E-state index in [0.717, 1.165) is 11.8 Å². The molecule has 1 rings (SSSR count). The average molecular weight is 167 g/mol. The van der Waals surface area contributed by atoms with E-state index in [0.29, 0.717) is 0 Å². The molecule has 1 fully saturated rings. The minimum Gasteiger partial charge on any atom is -0.181 e. The van der Waals surface area contributed by atoms with Crippen LogP contribution in [0.3, 0.4) is 0 Å². The van der Waals surface area contributed by atoms with Crippen molar-refractivity contribution in [3.05, 3.63) is 0 Å². The molecule has 12 heavy (non-hydrogen) atoms. The van der Waals surface area contributed by atoms with Gasteiger partial charge in [-0.05, 0) is 0 Å². The average Bonchev–Trinajstić information content (AvgIpc) is 2.02. The van der Waals surface area contributed by atoms with Gasteiger partial charge >= 0.3 is 0 Å². The van der Waals surface area contributed by atoms with Gasteiger partial charge in [-0.2, -0.15) is 25.3 Å². The maximum Gasteiger partial charge on any atom is 0.000726 e. The molecule has 0 amide bonds. The van der Waals surface area contributed by atoms with Crippen molar-refractivity contribution < 1.29 is 0 Å². The van der Waals surface area contributed by atoms with Crippen LogP contribution in [0.15, 0.2) is 0 Å². The van der Waals surface area contributed by atoms with E-state index < -0.39 is 0 Å². The summed E-state index contributed by atoms with van der Waals surface area (Å²) in [4.78, 5) is 0. The van der Waals surface area contributed by atoms with Crippen molar-refractivity contribution in [2.24, 2.45) is 11.8 Å². The highest BCUT2D eigenvalue weighted by atomic mass is 14.2. The standard InChI is InChI=1S/C11H24B/c1-5-12(6-2)8-10(3)7-11(4)9-12/h10-11H,5-9H2,1-4H3/q-1. The molecule has 0 saturated carbocycles.